The van der Waals surface area contributed by atoms with Crippen molar-refractivity contribution in [2.24, 2.45) is 5.92 Å². The summed E-state index contributed by atoms with van der Waals surface area (Å²) in [6.45, 7) is 0.470. The summed E-state index contributed by atoms with van der Waals surface area (Å²) < 4.78 is 38.8. The van der Waals surface area contributed by atoms with Gasteiger partial charge in [-0.1, -0.05) is 11.6 Å². The van der Waals surface area contributed by atoms with Crippen LogP contribution in [0.1, 0.15) is 19.3 Å². The fraction of sp³-hybridized carbons (Fsp3) is 0.500. The summed E-state index contributed by atoms with van der Waals surface area (Å²) in [4.78, 5) is 0. The molecule has 1 nitrogen and oxygen atoms in total. The lowest BCUT2D eigenvalue weighted by atomic mass is 10.1. The van der Waals surface area contributed by atoms with Crippen molar-refractivity contribution in [2.75, 3.05) is 11.9 Å². The number of nitrogens with one attached hydrogen (secondary N) is 1. The molecule has 0 saturated heterocycles. The minimum absolute atomic E-state index is 0.0335. The summed E-state index contributed by atoms with van der Waals surface area (Å²) in [6, 6.07) is 4.27. The Kier molecular flexibility index (Phi) is 3.52. The van der Waals surface area contributed by atoms with E-state index in [9.17, 15) is 13.2 Å². The molecule has 1 aromatic rings. The molecule has 1 aliphatic rings. The average molecular weight is 264 g/mol. The second-order valence-corrected chi connectivity index (χ2v) is 4.88. The lowest BCUT2D eigenvalue weighted by Crippen LogP contribution is -2.15. The van der Waals surface area contributed by atoms with Crippen molar-refractivity contribution in [2.45, 2.75) is 25.2 Å². The topological polar surface area (TPSA) is 12.0 Å². The maximum atomic E-state index is 12.9. The smallest absolute Gasteiger partial charge is 0.248 e. The molecule has 1 aromatic carbocycles. The van der Waals surface area contributed by atoms with Gasteiger partial charge in [0.15, 0.2) is 0 Å². The normalized spacial score (nSPS) is 22.7. The molecule has 1 saturated carbocycles. The molecule has 1 N–H and O–H groups in total. The Morgan fingerprint density at radius 2 is 2.18 bits per heavy atom. The number of rotatable bonds is 3. The van der Waals surface area contributed by atoms with Gasteiger partial charge in [-0.25, -0.2) is 13.2 Å². The molecule has 0 aromatic heterocycles. The highest BCUT2D eigenvalue weighted by Gasteiger charge is 2.38. The first-order valence-electron chi connectivity index (χ1n) is 5.53. The zero-order valence-electron chi connectivity index (χ0n) is 9.15. The van der Waals surface area contributed by atoms with E-state index in [0.717, 1.165) is 0 Å². The molecule has 1 aliphatic carbocycles. The fourth-order valence-corrected chi connectivity index (χ4v) is 2.26. The van der Waals surface area contributed by atoms with E-state index in [1.54, 1.807) is 6.07 Å². The largest absolute Gasteiger partial charge is 0.385 e. The first-order chi connectivity index (χ1) is 7.96. The van der Waals surface area contributed by atoms with Gasteiger partial charge in [0, 0.05) is 25.1 Å². The zero-order valence-corrected chi connectivity index (χ0v) is 9.91. The maximum absolute atomic E-state index is 12.9. The van der Waals surface area contributed by atoms with Gasteiger partial charge in [0.2, 0.25) is 5.92 Å². The molecule has 0 amide bonds. The van der Waals surface area contributed by atoms with Crippen molar-refractivity contribution < 1.29 is 13.2 Å². The second kappa shape index (κ2) is 4.77. The third-order valence-electron chi connectivity index (χ3n) is 3.02. The molecule has 17 heavy (non-hydrogen) atoms. The first-order valence-corrected chi connectivity index (χ1v) is 5.91. The Balaban J connectivity index is 1.88. The van der Waals surface area contributed by atoms with Crippen molar-refractivity contribution in [1.82, 2.24) is 0 Å². The van der Waals surface area contributed by atoms with Crippen LogP contribution < -0.4 is 5.32 Å². The van der Waals surface area contributed by atoms with Crippen LogP contribution in [-0.4, -0.2) is 12.5 Å². The molecule has 0 spiro atoms. The summed E-state index contributed by atoms with van der Waals surface area (Å²) in [7, 11) is 0. The first kappa shape index (κ1) is 12.6. The molecular weight excluding hydrogens is 251 g/mol. The van der Waals surface area contributed by atoms with Crippen LogP contribution in [-0.2, 0) is 0 Å². The third kappa shape index (κ3) is 3.28. The van der Waals surface area contributed by atoms with Crippen LogP contribution in [0.25, 0.3) is 0 Å². The van der Waals surface area contributed by atoms with Gasteiger partial charge in [0.05, 0.1) is 5.02 Å². The van der Waals surface area contributed by atoms with Gasteiger partial charge < -0.3 is 5.32 Å². The molecule has 5 heteroatoms. The molecule has 1 atom stereocenters. The average Bonchev–Trinajstić information content (AvgIpc) is 2.60. The quantitative estimate of drug-likeness (QED) is 0.856. The summed E-state index contributed by atoms with van der Waals surface area (Å²) in [6.07, 6.45) is 0.410. The van der Waals surface area contributed by atoms with Gasteiger partial charge in [-0.05, 0) is 30.5 Å². The van der Waals surface area contributed by atoms with Crippen molar-refractivity contribution in [1.29, 1.82) is 0 Å². The molecular formula is C12H13ClF3N. The zero-order chi connectivity index (χ0) is 12.5. The fourth-order valence-electron chi connectivity index (χ4n) is 2.08. The Morgan fingerprint density at radius 1 is 1.41 bits per heavy atom. The highest BCUT2D eigenvalue weighted by Crippen LogP contribution is 2.38. The van der Waals surface area contributed by atoms with Crippen molar-refractivity contribution >= 4 is 17.3 Å². The molecule has 94 valence electrons. The van der Waals surface area contributed by atoms with E-state index in [1.807, 2.05) is 0 Å². The summed E-state index contributed by atoms with van der Waals surface area (Å²) >= 11 is 5.62. The van der Waals surface area contributed by atoms with E-state index >= 15 is 0 Å². The number of halogens is 4. The summed E-state index contributed by atoms with van der Waals surface area (Å²) in [5.74, 6) is -3.04. The monoisotopic (exact) mass is 263 g/mol. The van der Waals surface area contributed by atoms with Crippen molar-refractivity contribution in [3.05, 3.63) is 29.0 Å². The van der Waals surface area contributed by atoms with Gasteiger partial charge in [-0.3, -0.25) is 0 Å². The van der Waals surface area contributed by atoms with E-state index in [2.05, 4.69) is 5.32 Å². The number of benzene rings is 1. The Bertz CT molecular complexity index is 409. The van der Waals surface area contributed by atoms with Crippen LogP contribution in [0.15, 0.2) is 18.2 Å². The van der Waals surface area contributed by atoms with Gasteiger partial charge in [0.25, 0.3) is 0 Å². The van der Waals surface area contributed by atoms with E-state index in [1.165, 1.54) is 12.1 Å². The highest BCUT2D eigenvalue weighted by molar-refractivity contribution is 6.31. The molecule has 0 bridgehead atoms. The van der Waals surface area contributed by atoms with E-state index in [4.69, 9.17) is 11.6 Å². The Hall–Kier alpha value is -0.900. The lowest BCUT2D eigenvalue weighted by Gasteiger charge is -2.13. The van der Waals surface area contributed by atoms with Crippen LogP contribution in [0, 0.1) is 11.7 Å². The van der Waals surface area contributed by atoms with Crippen molar-refractivity contribution in [3.63, 3.8) is 0 Å². The standard InChI is InChI=1S/C12H13ClF3N/c13-10-5-9(1-2-11(10)14)17-7-8-3-4-12(15,16)6-8/h1-2,5,8,17H,3-4,6-7H2. The van der Waals surface area contributed by atoms with Crippen LogP contribution in [0.5, 0.6) is 0 Å². The number of anilines is 1. The molecule has 0 heterocycles. The van der Waals surface area contributed by atoms with Crippen molar-refractivity contribution in [3.8, 4) is 0 Å². The van der Waals surface area contributed by atoms with Crippen LogP contribution in [0.2, 0.25) is 5.02 Å². The Morgan fingerprint density at radius 3 is 2.76 bits per heavy atom. The summed E-state index contributed by atoms with van der Waals surface area (Å²) in [5, 5.41) is 3.04. The lowest BCUT2D eigenvalue weighted by molar-refractivity contribution is 0.00556. The number of hydrogen-bond acceptors (Lipinski definition) is 1. The molecule has 0 aliphatic heterocycles. The van der Waals surface area contributed by atoms with Crippen LogP contribution in [0.3, 0.4) is 0 Å². The highest BCUT2D eigenvalue weighted by atomic mass is 35.5. The van der Waals surface area contributed by atoms with Crippen LogP contribution >= 0.6 is 11.6 Å². The SMILES string of the molecule is Fc1ccc(NCC2CCC(F)(F)C2)cc1Cl. The van der Waals surface area contributed by atoms with E-state index in [-0.39, 0.29) is 23.8 Å². The minimum atomic E-state index is -2.52. The minimum Gasteiger partial charge on any atom is -0.385 e. The van der Waals surface area contributed by atoms with E-state index in [0.29, 0.717) is 18.7 Å². The van der Waals surface area contributed by atoms with E-state index < -0.39 is 11.7 Å². The predicted octanol–water partition coefficient (Wildman–Crippen LogP) is 4.33. The van der Waals surface area contributed by atoms with Gasteiger partial charge in [-0.2, -0.15) is 0 Å². The van der Waals surface area contributed by atoms with Crippen LogP contribution in [0.4, 0.5) is 18.9 Å². The van der Waals surface area contributed by atoms with Gasteiger partial charge >= 0.3 is 0 Å². The van der Waals surface area contributed by atoms with Gasteiger partial charge in [0.1, 0.15) is 5.82 Å². The molecule has 1 fully saturated rings. The molecule has 0 radical (unpaired) electrons. The summed E-state index contributed by atoms with van der Waals surface area (Å²) in [5.41, 5.74) is 0.659. The van der Waals surface area contributed by atoms with Gasteiger partial charge in [-0.15, -0.1) is 0 Å². The third-order valence-corrected chi connectivity index (χ3v) is 3.31. The predicted molar refractivity (Wildman–Crippen MR) is 62.2 cm³/mol. The number of hydrogen-bond donors (Lipinski definition) is 1. The second-order valence-electron chi connectivity index (χ2n) is 4.47. The maximum Gasteiger partial charge on any atom is 0.248 e. The molecule has 2 rings (SSSR count). The molecule has 1 unspecified atom stereocenters. The Labute approximate surface area is 103 Å². The number of alkyl halides is 2.